The highest BCUT2D eigenvalue weighted by atomic mass is 32.1. The van der Waals surface area contributed by atoms with Gasteiger partial charge in [0.2, 0.25) is 0 Å². The Morgan fingerprint density at radius 2 is 2.25 bits per heavy atom. The monoisotopic (exact) mass is 236 g/mol. The van der Waals surface area contributed by atoms with Gasteiger partial charge in [-0.1, -0.05) is 6.92 Å². The van der Waals surface area contributed by atoms with Gasteiger partial charge in [-0.25, -0.2) is 4.98 Å². The molecule has 2 heterocycles. The van der Waals surface area contributed by atoms with Crippen molar-refractivity contribution in [3.63, 3.8) is 0 Å². The summed E-state index contributed by atoms with van der Waals surface area (Å²) in [6.07, 6.45) is 3.61. The summed E-state index contributed by atoms with van der Waals surface area (Å²) in [5, 5.41) is 10.0. The first-order valence-electron chi connectivity index (χ1n) is 5.43. The molecule has 0 bridgehead atoms. The Labute approximate surface area is 99.1 Å². The predicted octanol–water partition coefficient (Wildman–Crippen LogP) is 1.93. The van der Waals surface area contributed by atoms with Gasteiger partial charge in [0, 0.05) is 16.2 Å². The fourth-order valence-electron chi connectivity index (χ4n) is 1.64. The van der Waals surface area contributed by atoms with Crippen LogP contribution in [0.2, 0.25) is 0 Å². The third kappa shape index (κ3) is 2.48. The van der Waals surface area contributed by atoms with Crippen LogP contribution in [0.1, 0.15) is 28.5 Å². The van der Waals surface area contributed by atoms with Crippen molar-refractivity contribution in [1.82, 2.24) is 20.5 Å². The second kappa shape index (κ2) is 5.23. The van der Waals surface area contributed by atoms with Crippen molar-refractivity contribution in [3.05, 3.63) is 34.0 Å². The number of thiophene rings is 1. The number of likely N-dealkylation sites (N-methyl/N-ethyl adjacent to an activating group) is 1. The van der Waals surface area contributed by atoms with Gasteiger partial charge in [-0.3, -0.25) is 5.10 Å². The molecule has 0 aromatic carbocycles. The van der Waals surface area contributed by atoms with Gasteiger partial charge in [0.05, 0.1) is 6.04 Å². The van der Waals surface area contributed by atoms with Gasteiger partial charge in [0.1, 0.15) is 12.2 Å². The molecule has 0 spiro atoms. The molecule has 1 unspecified atom stereocenters. The molecule has 0 aliphatic carbocycles. The molecule has 1 atom stereocenters. The number of aromatic amines is 1. The van der Waals surface area contributed by atoms with Crippen LogP contribution < -0.4 is 5.32 Å². The van der Waals surface area contributed by atoms with Crippen molar-refractivity contribution >= 4 is 11.3 Å². The van der Waals surface area contributed by atoms with E-state index in [-0.39, 0.29) is 6.04 Å². The number of hydrogen-bond acceptors (Lipinski definition) is 4. The lowest BCUT2D eigenvalue weighted by atomic mass is 10.1. The Kier molecular flexibility index (Phi) is 3.69. The Hall–Kier alpha value is -1.20. The first-order chi connectivity index (χ1) is 7.83. The largest absolute Gasteiger partial charge is 0.310 e. The van der Waals surface area contributed by atoms with Crippen molar-refractivity contribution in [2.24, 2.45) is 0 Å². The fourth-order valence-corrected chi connectivity index (χ4v) is 2.64. The van der Waals surface area contributed by atoms with Gasteiger partial charge in [0.25, 0.3) is 0 Å². The molecule has 0 saturated carbocycles. The number of H-pyrrole nitrogens is 1. The van der Waals surface area contributed by atoms with Crippen LogP contribution in [0.5, 0.6) is 0 Å². The Bertz CT molecular complexity index is 421. The molecule has 2 rings (SSSR count). The molecule has 2 N–H and O–H groups in total. The van der Waals surface area contributed by atoms with Gasteiger partial charge in [-0.15, -0.1) is 11.3 Å². The van der Waals surface area contributed by atoms with Crippen LogP contribution in [-0.2, 0) is 12.8 Å². The molecular formula is C11H16N4S. The normalized spacial score (nSPS) is 12.9. The quantitative estimate of drug-likeness (QED) is 0.834. The summed E-state index contributed by atoms with van der Waals surface area (Å²) in [6, 6.07) is 4.61. The molecule has 0 fully saturated rings. The van der Waals surface area contributed by atoms with Crippen LogP contribution in [-0.4, -0.2) is 22.2 Å². The van der Waals surface area contributed by atoms with Gasteiger partial charge in [0.15, 0.2) is 0 Å². The van der Waals surface area contributed by atoms with E-state index in [0.717, 1.165) is 18.7 Å². The zero-order valence-electron chi connectivity index (χ0n) is 9.53. The van der Waals surface area contributed by atoms with Crippen molar-refractivity contribution in [2.45, 2.75) is 25.8 Å². The first kappa shape index (κ1) is 11.3. The van der Waals surface area contributed by atoms with E-state index in [2.05, 4.69) is 39.6 Å². The second-order valence-corrected chi connectivity index (χ2v) is 4.89. The zero-order chi connectivity index (χ0) is 11.4. The van der Waals surface area contributed by atoms with Crippen molar-refractivity contribution in [2.75, 3.05) is 7.05 Å². The number of nitrogens with one attached hydrogen (secondary N) is 2. The summed E-state index contributed by atoms with van der Waals surface area (Å²) in [4.78, 5) is 7.00. The lowest BCUT2D eigenvalue weighted by Gasteiger charge is -2.11. The summed E-state index contributed by atoms with van der Waals surface area (Å²) in [5.41, 5.74) is 0. The van der Waals surface area contributed by atoms with Crippen LogP contribution >= 0.6 is 11.3 Å². The minimum absolute atomic E-state index is 0.214. The number of aryl methyl sites for hydroxylation is 1. The van der Waals surface area contributed by atoms with Gasteiger partial charge in [-0.05, 0) is 25.6 Å². The van der Waals surface area contributed by atoms with Gasteiger partial charge >= 0.3 is 0 Å². The lowest BCUT2D eigenvalue weighted by Crippen LogP contribution is -2.19. The standard InChI is InChI=1S/C11H16N4S/c1-3-8-4-5-9(16-8)6-10(12-2)11-13-7-14-15-11/h4-5,7,10,12H,3,6H2,1-2H3,(H,13,14,15). The third-order valence-electron chi connectivity index (χ3n) is 2.58. The van der Waals surface area contributed by atoms with E-state index in [9.17, 15) is 0 Å². The molecule has 0 aliphatic heterocycles. The highest BCUT2D eigenvalue weighted by Gasteiger charge is 2.13. The predicted molar refractivity (Wildman–Crippen MR) is 65.6 cm³/mol. The molecule has 86 valence electrons. The zero-order valence-corrected chi connectivity index (χ0v) is 10.3. The highest BCUT2D eigenvalue weighted by Crippen LogP contribution is 2.22. The summed E-state index contributed by atoms with van der Waals surface area (Å²) >= 11 is 1.87. The SMILES string of the molecule is CCc1ccc(CC(NC)c2ncn[nH]2)s1. The maximum atomic E-state index is 4.19. The van der Waals surface area contributed by atoms with Crippen LogP contribution in [0.25, 0.3) is 0 Å². The molecule has 0 amide bonds. The molecule has 0 aliphatic rings. The molecule has 5 heteroatoms. The third-order valence-corrected chi connectivity index (χ3v) is 3.84. The minimum Gasteiger partial charge on any atom is -0.310 e. The number of aromatic nitrogens is 3. The van der Waals surface area contributed by atoms with Crippen LogP contribution in [0.15, 0.2) is 18.5 Å². The van der Waals surface area contributed by atoms with E-state index < -0.39 is 0 Å². The molecule has 0 radical (unpaired) electrons. The first-order valence-corrected chi connectivity index (χ1v) is 6.25. The molecule has 4 nitrogen and oxygen atoms in total. The smallest absolute Gasteiger partial charge is 0.141 e. The maximum Gasteiger partial charge on any atom is 0.141 e. The number of hydrogen-bond donors (Lipinski definition) is 2. The second-order valence-electron chi connectivity index (χ2n) is 3.64. The minimum atomic E-state index is 0.214. The molecule has 16 heavy (non-hydrogen) atoms. The van der Waals surface area contributed by atoms with Crippen molar-refractivity contribution in [3.8, 4) is 0 Å². The van der Waals surface area contributed by atoms with E-state index in [0.29, 0.717) is 0 Å². The van der Waals surface area contributed by atoms with E-state index in [4.69, 9.17) is 0 Å². The summed E-state index contributed by atoms with van der Waals surface area (Å²) in [5.74, 6) is 0.897. The Morgan fingerprint density at radius 3 is 2.81 bits per heavy atom. The maximum absolute atomic E-state index is 4.19. The van der Waals surface area contributed by atoms with E-state index in [1.807, 2.05) is 18.4 Å². The topological polar surface area (TPSA) is 53.6 Å². The summed E-state index contributed by atoms with van der Waals surface area (Å²) in [6.45, 7) is 2.18. The molecule has 0 saturated heterocycles. The summed E-state index contributed by atoms with van der Waals surface area (Å²) < 4.78 is 0. The molecular weight excluding hydrogens is 220 g/mol. The average molecular weight is 236 g/mol. The van der Waals surface area contributed by atoms with E-state index in [1.165, 1.54) is 9.75 Å². The Balaban J connectivity index is 2.07. The van der Waals surface area contributed by atoms with Crippen LogP contribution in [0.3, 0.4) is 0 Å². The van der Waals surface area contributed by atoms with E-state index >= 15 is 0 Å². The lowest BCUT2D eigenvalue weighted by molar-refractivity contribution is 0.563. The van der Waals surface area contributed by atoms with Crippen LogP contribution in [0, 0.1) is 0 Å². The Morgan fingerprint density at radius 1 is 1.44 bits per heavy atom. The number of rotatable bonds is 5. The average Bonchev–Trinajstić information content (AvgIpc) is 2.96. The van der Waals surface area contributed by atoms with Crippen molar-refractivity contribution < 1.29 is 0 Å². The molecule has 2 aromatic rings. The summed E-state index contributed by atoms with van der Waals surface area (Å²) in [7, 11) is 1.95. The van der Waals surface area contributed by atoms with Gasteiger partial charge < -0.3 is 5.32 Å². The van der Waals surface area contributed by atoms with Crippen molar-refractivity contribution in [1.29, 1.82) is 0 Å². The van der Waals surface area contributed by atoms with Gasteiger partial charge in [-0.2, -0.15) is 5.10 Å². The number of nitrogens with zero attached hydrogens (tertiary/aromatic N) is 2. The highest BCUT2D eigenvalue weighted by molar-refractivity contribution is 7.11. The van der Waals surface area contributed by atoms with E-state index in [1.54, 1.807) is 6.33 Å². The van der Waals surface area contributed by atoms with Crippen LogP contribution in [0.4, 0.5) is 0 Å². The molecule has 2 aromatic heterocycles. The fraction of sp³-hybridized carbons (Fsp3) is 0.455.